The lowest BCUT2D eigenvalue weighted by Gasteiger charge is -2.23. The zero-order chi connectivity index (χ0) is 12.6. The van der Waals surface area contributed by atoms with Crippen molar-refractivity contribution >= 4 is 5.91 Å². The van der Waals surface area contributed by atoms with E-state index in [2.05, 4.69) is 10.6 Å². The van der Waals surface area contributed by atoms with Gasteiger partial charge in [-0.3, -0.25) is 4.79 Å². The molecule has 0 radical (unpaired) electrons. The minimum Gasteiger partial charge on any atom is -0.379 e. The van der Waals surface area contributed by atoms with Gasteiger partial charge in [-0.05, 0) is 36.6 Å². The van der Waals surface area contributed by atoms with Gasteiger partial charge in [0.1, 0.15) is 0 Å². The molecule has 1 unspecified atom stereocenters. The smallest absolute Gasteiger partial charge is 0.251 e. The summed E-state index contributed by atoms with van der Waals surface area (Å²) in [5.74, 6) is -0.00213. The van der Waals surface area contributed by atoms with Crippen LogP contribution in [0.15, 0.2) is 18.2 Å². The maximum atomic E-state index is 12.2. The zero-order valence-corrected chi connectivity index (χ0v) is 10.6. The minimum absolute atomic E-state index is 0.00213. The number of rotatable bonds is 2. The number of carbonyl (C=O) groups is 1. The van der Waals surface area contributed by atoms with Crippen molar-refractivity contribution < 1.29 is 9.53 Å². The summed E-state index contributed by atoms with van der Waals surface area (Å²) in [7, 11) is 0. The lowest BCUT2D eigenvalue weighted by Crippen LogP contribution is -2.46. The monoisotopic (exact) mass is 246 g/mol. The fraction of sp³-hybridized carbons (Fsp3) is 0.500. The lowest BCUT2D eigenvalue weighted by molar-refractivity contribution is 0.0890. The number of hydrogen-bond donors (Lipinski definition) is 2. The van der Waals surface area contributed by atoms with Crippen LogP contribution in [0.5, 0.6) is 0 Å². The van der Waals surface area contributed by atoms with Crippen molar-refractivity contribution in [2.75, 3.05) is 13.2 Å². The lowest BCUT2D eigenvalue weighted by atomic mass is 10.00. The molecule has 1 saturated heterocycles. The first-order valence-electron chi connectivity index (χ1n) is 6.39. The Labute approximate surface area is 107 Å². The van der Waals surface area contributed by atoms with Gasteiger partial charge in [0.25, 0.3) is 5.91 Å². The Morgan fingerprint density at radius 1 is 1.39 bits per heavy atom. The van der Waals surface area contributed by atoms with E-state index in [4.69, 9.17) is 4.74 Å². The van der Waals surface area contributed by atoms with E-state index >= 15 is 0 Å². The molecule has 1 aromatic carbocycles. The van der Waals surface area contributed by atoms with Crippen molar-refractivity contribution in [2.24, 2.45) is 0 Å². The molecule has 0 bridgehead atoms. The molecule has 0 spiro atoms. The maximum absolute atomic E-state index is 12.2. The van der Waals surface area contributed by atoms with Gasteiger partial charge in [0.2, 0.25) is 0 Å². The van der Waals surface area contributed by atoms with Crippen LogP contribution in [0.4, 0.5) is 0 Å². The second-order valence-electron chi connectivity index (χ2n) is 5.40. The molecule has 2 aliphatic heterocycles. The summed E-state index contributed by atoms with van der Waals surface area (Å²) in [5, 5.41) is 6.36. The fourth-order valence-electron chi connectivity index (χ4n) is 2.55. The first kappa shape index (κ1) is 11.7. The molecule has 2 aliphatic rings. The Balaban J connectivity index is 1.76. The molecule has 96 valence electrons. The Morgan fingerprint density at radius 2 is 2.22 bits per heavy atom. The van der Waals surface area contributed by atoms with Gasteiger partial charge in [-0.1, -0.05) is 6.07 Å². The molecule has 2 heterocycles. The van der Waals surface area contributed by atoms with Crippen LogP contribution in [0.25, 0.3) is 0 Å². The molecule has 4 heteroatoms. The van der Waals surface area contributed by atoms with Crippen molar-refractivity contribution in [3.8, 4) is 0 Å². The average Bonchev–Trinajstić information content (AvgIpc) is 2.96. The van der Waals surface area contributed by atoms with Crippen LogP contribution < -0.4 is 10.6 Å². The van der Waals surface area contributed by atoms with Gasteiger partial charge in [-0.25, -0.2) is 0 Å². The largest absolute Gasteiger partial charge is 0.379 e. The van der Waals surface area contributed by atoms with Crippen molar-refractivity contribution in [1.82, 2.24) is 10.6 Å². The highest BCUT2D eigenvalue weighted by Gasteiger charge is 2.31. The van der Waals surface area contributed by atoms with Crippen LogP contribution in [0.3, 0.4) is 0 Å². The van der Waals surface area contributed by atoms with Gasteiger partial charge >= 0.3 is 0 Å². The third kappa shape index (κ3) is 2.13. The van der Waals surface area contributed by atoms with E-state index in [1.165, 1.54) is 11.1 Å². The molecule has 1 atom stereocenters. The van der Waals surface area contributed by atoms with Crippen LogP contribution in [0.2, 0.25) is 0 Å². The molecular weight excluding hydrogens is 228 g/mol. The van der Waals surface area contributed by atoms with E-state index < -0.39 is 0 Å². The Hall–Kier alpha value is -1.39. The van der Waals surface area contributed by atoms with Gasteiger partial charge in [0, 0.05) is 25.3 Å². The third-order valence-electron chi connectivity index (χ3n) is 3.73. The summed E-state index contributed by atoms with van der Waals surface area (Å²) < 4.78 is 5.35. The molecular formula is C14H18N2O2. The van der Waals surface area contributed by atoms with Crippen LogP contribution in [-0.4, -0.2) is 24.7 Å². The normalized spacial score (nSPS) is 26.1. The summed E-state index contributed by atoms with van der Waals surface area (Å²) in [6.45, 7) is 5.13. The second kappa shape index (κ2) is 4.37. The van der Waals surface area contributed by atoms with Gasteiger partial charge in [0.05, 0.1) is 12.1 Å². The molecule has 1 aromatic rings. The molecule has 18 heavy (non-hydrogen) atoms. The highest BCUT2D eigenvalue weighted by atomic mass is 16.5. The van der Waals surface area contributed by atoms with Crippen molar-refractivity contribution in [3.63, 3.8) is 0 Å². The van der Waals surface area contributed by atoms with E-state index in [0.717, 1.165) is 31.7 Å². The molecule has 0 aromatic heterocycles. The molecule has 4 nitrogen and oxygen atoms in total. The second-order valence-corrected chi connectivity index (χ2v) is 5.40. The van der Waals surface area contributed by atoms with E-state index in [-0.39, 0.29) is 11.4 Å². The maximum Gasteiger partial charge on any atom is 0.251 e. The Kier molecular flexibility index (Phi) is 2.84. The highest BCUT2D eigenvalue weighted by Crippen LogP contribution is 2.20. The molecule has 0 saturated carbocycles. The number of ether oxygens (including phenoxy) is 1. The first-order valence-corrected chi connectivity index (χ1v) is 6.39. The van der Waals surface area contributed by atoms with Crippen LogP contribution in [-0.2, 0) is 17.8 Å². The number of nitrogens with one attached hydrogen (secondary N) is 2. The van der Waals surface area contributed by atoms with E-state index in [1.54, 1.807) is 0 Å². The van der Waals surface area contributed by atoms with E-state index in [0.29, 0.717) is 6.61 Å². The standard InChI is InChI=1S/C14H18N2O2/c1-14(4-5-18-9-14)16-13(17)10-2-3-11-7-15-8-12(11)6-10/h2-3,6,15H,4-5,7-9H2,1H3,(H,16,17). The van der Waals surface area contributed by atoms with Crippen LogP contribution >= 0.6 is 0 Å². The van der Waals surface area contributed by atoms with E-state index in [9.17, 15) is 4.79 Å². The number of fused-ring (bicyclic) bond motifs is 1. The number of benzene rings is 1. The van der Waals surface area contributed by atoms with E-state index in [1.807, 2.05) is 25.1 Å². The predicted octanol–water partition coefficient (Wildman–Crippen LogP) is 1.20. The molecule has 2 N–H and O–H groups in total. The van der Waals surface area contributed by atoms with Gasteiger partial charge in [-0.15, -0.1) is 0 Å². The molecule has 3 rings (SSSR count). The Morgan fingerprint density at radius 3 is 3.00 bits per heavy atom. The molecule has 1 amide bonds. The topological polar surface area (TPSA) is 50.4 Å². The summed E-state index contributed by atoms with van der Waals surface area (Å²) in [5.41, 5.74) is 3.05. The third-order valence-corrected chi connectivity index (χ3v) is 3.73. The highest BCUT2D eigenvalue weighted by molar-refractivity contribution is 5.95. The summed E-state index contributed by atoms with van der Waals surface area (Å²) in [4.78, 5) is 12.2. The summed E-state index contributed by atoms with van der Waals surface area (Å²) >= 11 is 0. The number of carbonyl (C=O) groups excluding carboxylic acids is 1. The van der Waals surface area contributed by atoms with Crippen molar-refractivity contribution in [2.45, 2.75) is 32.0 Å². The predicted molar refractivity (Wildman–Crippen MR) is 68.3 cm³/mol. The summed E-state index contributed by atoms with van der Waals surface area (Å²) in [6, 6.07) is 5.93. The zero-order valence-electron chi connectivity index (χ0n) is 10.6. The number of hydrogen-bond acceptors (Lipinski definition) is 3. The molecule has 0 aliphatic carbocycles. The average molecular weight is 246 g/mol. The first-order chi connectivity index (χ1) is 8.66. The van der Waals surface area contributed by atoms with Crippen LogP contribution in [0.1, 0.15) is 34.8 Å². The SMILES string of the molecule is CC1(NC(=O)c2ccc3c(c2)CNC3)CCOC1. The fourth-order valence-corrected chi connectivity index (χ4v) is 2.55. The van der Waals surface area contributed by atoms with Crippen molar-refractivity contribution in [3.05, 3.63) is 34.9 Å². The quantitative estimate of drug-likeness (QED) is 0.824. The van der Waals surface area contributed by atoms with Crippen molar-refractivity contribution in [1.29, 1.82) is 0 Å². The van der Waals surface area contributed by atoms with Gasteiger partial charge in [-0.2, -0.15) is 0 Å². The summed E-state index contributed by atoms with van der Waals surface area (Å²) in [6.07, 6.45) is 0.880. The minimum atomic E-state index is -0.214. The number of amides is 1. The van der Waals surface area contributed by atoms with Gasteiger partial charge in [0.15, 0.2) is 0 Å². The van der Waals surface area contributed by atoms with Gasteiger partial charge < -0.3 is 15.4 Å². The molecule has 1 fully saturated rings. The Bertz CT molecular complexity index is 479. The van der Waals surface area contributed by atoms with Crippen LogP contribution in [0, 0.1) is 0 Å².